The SMILES string of the molecule is O=[N+]([O-])c1cccc(CN2CC3CCCNC3C2)c1. The lowest BCUT2D eigenvalue weighted by atomic mass is 9.94. The van der Waals surface area contributed by atoms with Crippen LogP contribution in [0.1, 0.15) is 18.4 Å². The molecule has 1 aromatic carbocycles. The zero-order chi connectivity index (χ0) is 13.2. The highest BCUT2D eigenvalue weighted by Crippen LogP contribution is 2.26. The van der Waals surface area contributed by atoms with E-state index in [0.29, 0.717) is 6.04 Å². The monoisotopic (exact) mass is 261 g/mol. The van der Waals surface area contributed by atoms with Crippen molar-refractivity contribution in [3.05, 3.63) is 39.9 Å². The van der Waals surface area contributed by atoms with Crippen molar-refractivity contribution >= 4 is 5.69 Å². The van der Waals surface area contributed by atoms with Crippen molar-refractivity contribution < 1.29 is 4.92 Å². The minimum absolute atomic E-state index is 0.187. The average molecular weight is 261 g/mol. The van der Waals surface area contributed by atoms with Crippen LogP contribution in [0.2, 0.25) is 0 Å². The van der Waals surface area contributed by atoms with Crippen LogP contribution in [-0.2, 0) is 6.54 Å². The first-order valence-electron chi connectivity index (χ1n) is 6.91. The lowest BCUT2D eigenvalue weighted by molar-refractivity contribution is -0.384. The molecule has 2 saturated heterocycles. The molecule has 2 heterocycles. The van der Waals surface area contributed by atoms with Crippen LogP contribution in [-0.4, -0.2) is 35.5 Å². The summed E-state index contributed by atoms with van der Waals surface area (Å²) in [5.41, 5.74) is 1.22. The molecule has 1 aromatic rings. The van der Waals surface area contributed by atoms with Gasteiger partial charge in [0.15, 0.2) is 0 Å². The molecule has 1 N–H and O–H groups in total. The topological polar surface area (TPSA) is 58.4 Å². The Morgan fingerprint density at radius 2 is 2.32 bits per heavy atom. The molecule has 0 aliphatic carbocycles. The van der Waals surface area contributed by atoms with Crippen molar-refractivity contribution in [3.8, 4) is 0 Å². The highest BCUT2D eigenvalue weighted by Gasteiger charge is 2.33. The fraction of sp³-hybridized carbons (Fsp3) is 0.571. The summed E-state index contributed by atoms with van der Waals surface area (Å²) >= 11 is 0. The normalized spacial score (nSPS) is 27.2. The molecular weight excluding hydrogens is 242 g/mol. The number of nitro groups is 1. The third-order valence-corrected chi connectivity index (χ3v) is 4.20. The lowest BCUT2D eigenvalue weighted by Crippen LogP contribution is -2.40. The molecule has 2 unspecified atom stereocenters. The first-order chi connectivity index (χ1) is 9.22. The predicted octanol–water partition coefficient (Wildman–Crippen LogP) is 1.78. The van der Waals surface area contributed by atoms with Gasteiger partial charge < -0.3 is 5.32 Å². The van der Waals surface area contributed by atoms with Gasteiger partial charge in [0.2, 0.25) is 0 Å². The van der Waals surface area contributed by atoms with E-state index in [0.717, 1.165) is 37.7 Å². The molecule has 0 aromatic heterocycles. The van der Waals surface area contributed by atoms with E-state index in [4.69, 9.17) is 0 Å². The van der Waals surface area contributed by atoms with Gasteiger partial charge in [0.25, 0.3) is 5.69 Å². The molecule has 3 rings (SSSR count). The highest BCUT2D eigenvalue weighted by molar-refractivity contribution is 5.34. The van der Waals surface area contributed by atoms with Crippen LogP contribution in [0.4, 0.5) is 5.69 Å². The molecule has 0 bridgehead atoms. The van der Waals surface area contributed by atoms with Gasteiger partial charge in [0.1, 0.15) is 0 Å². The van der Waals surface area contributed by atoms with E-state index in [9.17, 15) is 10.1 Å². The summed E-state index contributed by atoms with van der Waals surface area (Å²) in [6.07, 6.45) is 2.58. The summed E-state index contributed by atoms with van der Waals surface area (Å²) in [6, 6.07) is 7.61. The Morgan fingerprint density at radius 3 is 3.11 bits per heavy atom. The number of hydrogen-bond donors (Lipinski definition) is 1. The van der Waals surface area contributed by atoms with E-state index in [1.54, 1.807) is 18.2 Å². The summed E-state index contributed by atoms with van der Waals surface area (Å²) in [5, 5.41) is 14.4. The van der Waals surface area contributed by atoms with Crippen molar-refractivity contribution in [2.75, 3.05) is 19.6 Å². The highest BCUT2D eigenvalue weighted by atomic mass is 16.6. The summed E-state index contributed by atoms with van der Waals surface area (Å²) < 4.78 is 0. The maximum atomic E-state index is 10.8. The second-order valence-electron chi connectivity index (χ2n) is 5.58. The standard InChI is InChI=1S/C14H19N3O2/c18-17(19)13-5-1-3-11(7-13)8-16-9-12-4-2-6-15-14(12)10-16/h1,3,5,7,12,14-15H,2,4,6,8-10H2. The van der Waals surface area contributed by atoms with Crippen molar-refractivity contribution in [2.45, 2.75) is 25.4 Å². The minimum atomic E-state index is -0.325. The molecule has 2 aliphatic heterocycles. The van der Waals surface area contributed by atoms with Gasteiger partial charge in [-0.2, -0.15) is 0 Å². The van der Waals surface area contributed by atoms with Crippen molar-refractivity contribution in [3.63, 3.8) is 0 Å². The van der Waals surface area contributed by atoms with E-state index in [1.807, 2.05) is 6.07 Å². The smallest absolute Gasteiger partial charge is 0.269 e. The third kappa shape index (κ3) is 2.77. The number of benzene rings is 1. The maximum Gasteiger partial charge on any atom is 0.269 e. The van der Waals surface area contributed by atoms with E-state index in [2.05, 4.69) is 10.2 Å². The second-order valence-corrected chi connectivity index (χ2v) is 5.58. The molecule has 102 valence electrons. The largest absolute Gasteiger partial charge is 0.312 e. The van der Waals surface area contributed by atoms with E-state index in [1.165, 1.54) is 12.8 Å². The van der Waals surface area contributed by atoms with Crippen LogP contribution >= 0.6 is 0 Å². The van der Waals surface area contributed by atoms with Crippen LogP contribution in [0, 0.1) is 16.0 Å². The Bertz CT molecular complexity index is 464. The number of nitrogens with one attached hydrogen (secondary N) is 1. The Balaban J connectivity index is 1.65. The summed E-state index contributed by atoms with van der Waals surface area (Å²) in [6.45, 7) is 4.12. The van der Waals surface area contributed by atoms with Crippen molar-refractivity contribution in [1.82, 2.24) is 10.2 Å². The molecule has 5 nitrogen and oxygen atoms in total. The predicted molar refractivity (Wildman–Crippen MR) is 72.9 cm³/mol. The second kappa shape index (κ2) is 5.27. The molecule has 2 fully saturated rings. The molecule has 2 atom stereocenters. The van der Waals surface area contributed by atoms with Gasteiger partial charge in [-0.15, -0.1) is 0 Å². The summed E-state index contributed by atoms with van der Waals surface area (Å²) in [4.78, 5) is 12.9. The Morgan fingerprint density at radius 1 is 1.42 bits per heavy atom. The summed E-state index contributed by atoms with van der Waals surface area (Å²) in [7, 11) is 0. The Labute approximate surface area is 112 Å². The van der Waals surface area contributed by atoms with Crippen molar-refractivity contribution in [2.24, 2.45) is 5.92 Å². The Kier molecular flexibility index (Phi) is 3.48. The molecule has 19 heavy (non-hydrogen) atoms. The minimum Gasteiger partial charge on any atom is -0.312 e. The van der Waals surface area contributed by atoms with Crippen LogP contribution in [0.25, 0.3) is 0 Å². The van der Waals surface area contributed by atoms with Gasteiger partial charge >= 0.3 is 0 Å². The van der Waals surface area contributed by atoms with E-state index >= 15 is 0 Å². The number of piperidine rings is 1. The zero-order valence-electron chi connectivity index (χ0n) is 10.9. The van der Waals surface area contributed by atoms with E-state index < -0.39 is 0 Å². The number of nitro benzene ring substituents is 1. The zero-order valence-corrected chi connectivity index (χ0v) is 10.9. The molecular formula is C14H19N3O2. The first-order valence-corrected chi connectivity index (χ1v) is 6.91. The third-order valence-electron chi connectivity index (χ3n) is 4.20. The average Bonchev–Trinajstić information content (AvgIpc) is 2.81. The first kappa shape index (κ1) is 12.6. The maximum absolute atomic E-state index is 10.8. The molecule has 0 saturated carbocycles. The van der Waals surface area contributed by atoms with Crippen LogP contribution in [0.5, 0.6) is 0 Å². The fourth-order valence-electron chi connectivity index (χ4n) is 3.29. The molecule has 5 heteroatoms. The van der Waals surface area contributed by atoms with E-state index in [-0.39, 0.29) is 10.6 Å². The number of fused-ring (bicyclic) bond motifs is 1. The van der Waals surface area contributed by atoms with Gasteiger partial charge in [-0.05, 0) is 30.9 Å². The van der Waals surface area contributed by atoms with Gasteiger partial charge in [-0.3, -0.25) is 15.0 Å². The van der Waals surface area contributed by atoms with Crippen LogP contribution in [0.3, 0.4) is 0 Å². The number of rotatable bonds is 3. The van der Waals surface area contributed by atoms with Gasteiger partial charge in [0, 0.05) is 37.8 Å². The van der Waals surface area contributed by atoms with Gasteiger partial charge in [0.05, 0.1) is 4.92 Å². The molecule has 2 aliphatic rings. The number of nitrogens with zero attached hydrogens (tertiary/aromatic N) is 2. The number of likely N-dealkylation sites (tertiary alicyclic amines) is 1. The lowest BCUT2D eigenvalue weighted by Gasteiger charge is -2.24. The van der Waals surface area contributed by atoms with Crippen molar-refractivity contribution in [1.29, 1.82) is 0 Å². The number of hydrogen-bond acceptors (Lipinski definition) is 4. The van der Waals surface area contributed by atoms with Crippen LogP contribution in [0.15, 0.2) is 24.3 Å². The molecule has 0 spiro atoms. The van der Waals surface area contributed by atoms with Gasteiger partial charge in [-0.25, -0.2) is 0 Å². The molecule has 0 radical (unpaired) electrons. The number of non-ortho nitro benzene ring substituents is 1. The van der Waals surface area contributed by atoms with Gasteiger partial charge in [-0.1, -0.05) is 12.1 Å². The summed E-state index contributed by atoms with van der Waals surface area (Å²) in [5.74, 6) is 0.757. The molecule has 0 amide bonds. The Hall–Kier alpha value is -1.46. The fourth-order valence-corrected chi connectivity index (χ4v) is 3.29. The quantitative estimate of drug-likeness (QED) is 0.665. The van der Waals surface area contributed by atoms with Crippen LogP contribution < -0.4 is 5.32 Å².